The molecule has 1 heterocycles. The Hall–Kier alpha value is -1.50. The van der Waals surface area contributed by atoms with Crippen molar-refractivity contribution in [2.24, 2.45) is 0 Å². The predicted molar refractivity (Wildman–Crippen MR) is 114 cm³/mol. The van der Waals surface area contributed by atoms with Gasteiger partial charge < -0.3 is 10.6 Å². The first-order valence-electron chi connectivity index (χ1n) is 7.42. The number of anilines is 2. The number of hydrogen-bond acceptors (Lipinski definition) is 2. The van der Waals surface area contributed by atoms with Gasteiger partial charge >= 0.3 is 0 Å². The van der Waals surface area contributed by atoms with Crippen molar-refractivity contribution in [3.8, 4) is 0 Å². The average Bonchev–Trinajstić information content (AvgIpc) is 3.01. The van der Waals surface area contributed by atoms with Gasteiger partial charge in [-0.25, -0.2) is 0 Å². The zero-order valence-corrected chi connectivity index (χ0v) is 17.0. The van der Waals surface area contributed by atoms with Gasteiger partial charge in [0, 0.05) is 22.3 Å². The molecule has 0 unspecified atom stereocenters. The summed E-state index contributed by atoms with van der Waals surface area (Å²) in [6.07, 6.45) is 1.82. The standard InChI is InChI=1S/C17H12Cl4N4S/c18-11-5-4-10(13(20)8-11)9-25-7-6-15(24-25)23-17(26)22-14-3-1-2-12(19)16(14)21/h1-8H,9H2,(H2,22,23,24,26). The Kier molecular flexibility index (Phi) is 6.27. The zero-order chi connectivity index (χ0) is 18.7. The first-order chi connectivity index (χ1) is 12.4. The molecule has 3 rings (SSSR count). The summed E-state index contributed by atoms with van der Waals surface area (Å²) in [7, 11) is 0. The van der Waals surface area contributed by atoms with Crippen LogP contribution in [0.3, 0.4) is 0 Å². The molecule has 0 aliphatic carbocycles. The van der Waals surface area contributed by atoms with Crippen LogP contribution in [0.25, 0.3) is 0 Å². The van der Waals surface area contributed by atoms with E-state index in [9.17, 15) is 0 Å². The van der Waals surface area contributed by atoms with E-state index < -0.39 is 0 Å². The van der Waals surface area contributed by atoms with E-state index in [1.165, 1.54) is 0 Å². The second kappa shape index (κ2) is 8.46. The molecule has 0 saturated carbocycles. The summed E-state index contributed by atoms with van der Waals surface area (Å²) in [5.74, 6) is 0.589. The first kappa shape index (κ1) is 19.3. The lowest BCUT2D eigenvalue weighted by Crippen LogP contribution is -2.19. The van der Waals surface area contributed by atoms with Crippen molar-refractivity contribution in [3.63, 3.8) is 0 Å². The van der Waals surface area contributed by atoms with Gasteiger partial charge in [-0.3, -0.25) is 4.68 Å². The van der Waals surface area contributed by atoms with Gasteiger partial charge in [0.1, 0.15) is 0 Å². The summed E-state index contributed by atoms with van der Waals surface area (Å²) in [5.41, 5.74) is 1.53. The maximum atomic E-state index is 6.19. The van der Waals surface area contributed by atoms with Gasteiger partial charge in [0.05, 0.1) is 22.3 Å². The fraction of sp³-hybridized carbons (Fsp3) is 0.0588. The normalized spacial score (nSPS) is 10.6. The van der Waals surface area contributed by atoms with Crippen molar-refractivity contribution < 1.29 is 0 Å². The van der Waals surface area contributed by atoms with Crippen molar-refractivity contribution in [3.05, 3.63) is 74.3 Å². The van der Waals surface area contributed by atoms with E-state index in [0.29, 0.717) is 43.3 Å². The Morgan fingerprint density at radius 3 is 2.58 bits per heavy atom. The number of hydrogen-bond donors (Lipinski definition) is 2. The molecular weight excluding hydrogens is 434 g/mol. The van der Waals surface area contributed by atoms with Gasteiger partial charge in [0.2, 0.25) is 0 Å². The largest absolute Gasteiger partial charge is 0.331 e. The van der Waals surface area contributed by atoms with E-state index in [0.717, 1.165) is 5.56 Å². The number of rotatable bonds is 4. The van der Waals surface area contributed by atoms with Gasteiger partial charge in [-0.15, -0.1) is 0 Å². The fourth-order valence-electron chi connectivity index (χ4n) is 2.21. The Labute approximate surface area is 176 Å². The molecule has 4 nitrogen and oxygen atoms in total. The van der Waals surface area contributed by atoms with Crippen molar-refractivity contribution in [1.29, 1.82) is 0 Å². The van der Waals surface area contributed by atoms with Crippen LogP contribution in [-0.4, -0.2) is 14.9 Å². The highest BCUT2D eigenvalue weighted by molar-refractivity contribution is 7.80. The summed E-state index contributed by atoms with van der Waals surface area (Å²) in [6.45, 7) is 0.512. The number of benzene rings is 2. The third-order valence-electron chi connectivity index (χ3n) is 3.43. The summed E-state index contributed by atoms with van der Waals surface area (Å²) in [5, 5.41) is 12.8. The minimum Gasteiger partial charge on any atom is -0.331 e. The molecule has 0 atom stereocenters. The Bertz CT molecular complexity index is 958. The molecule has 0 amide bonds. The van der Waals surface area contributed by atoms with Crippen molar-refractivity contribution in [2.45, 2.75) is 6.54 Å². The van der Waals surface area contributed by atoms with E-state index in [1.807, 2.05) is 12.3 Å². The van der Waals surface area contributed by atoms with Crippen molar-refractivity contribution >= 4 is 75.2 Å². The monoisotopic (exact) mass is 444 g/mol. The Balaban J connectivity index is 1.64. The van der Waals surface area contributed by atoms with Gasteiger partial charge in [0.15, 0.2) is 10.9 Å². The van der Waals surface area contributed by atoms with Crippen LogP contribution >= 0.6 is 58.6 Å². The topological polar surface area (TPSA) is 41.9 Å². The highest BCUT2D eigenvalue weighted by Crippen LogP contribution is 2.29. The van der Waals surface area contributed by atoms with Crippen LogP contribution in [-0.2, 0) is 6.54 Å². The minimum absolute atomic E-state index is 0.351. The third-order valence-corrected chi connectivity index (χ3v) is 5.04. The molecule has 2 N–H and O–H groups in total. The maximum absolute atomic E-state index is 6.19. The molecule has 2 aromatic carbocycles. The number of nitrogens with zero attached hydrogens (tertiary/aromatic N) is 2. The Morgan fingerprint density at radius 1 is 1.00 bits per heavy atom. The number of nitrogens with one attached hydrogen (secondary N) is 2. The molecule has 0 aliphatic heterocycles. The quantitative estimate of drug-likeness (QED) is 0.458. The molecule has 0 aliphatic rings. The molecule has 9 heteroatoms. The minimum atomic E-state index is 0.351. The van der Waals surface area contributed by atoms with Crippen LogP contribution in [0, 0.1) is 0 Å². The van der Waals surface area contributed by atoms with Crippen LogP contribution in [0.5, 0.6) is 0 Å². The smallest absolute Gasteiger partial charge is 0.176 e. The molecule has 0 saturated heterocycles. The lowest BCUT2D eigenvalue weighted by Gasteiger charge is -2.11. The number of thiocarbonyl (C=S) groups is 1. The summed E-state index contributed by atoms with van der Waals surface area (Å²) in [4.78, 5) is 0. The predicted octanol–water partition coefficient (Wildman–Crippen LogP) is 6.35. The van der Waals surface area contributed by atoms with Gasteiger partial charge in [-0.05, 0) is 42.0 Å². The molecule has 26 heavy (non-hydrogen) atoms. The molecule has 0 bridgehead atoms. The average molecular weight is 446 g/mol. The highest BCUT2D eigenvalue weighted by Gasteiger charge is 2.08. The maximum Gasteiger partial charge on any atom is 0.176 e. The molecule has 0 fully saturated rings. The Morgan fingerprint density at radius 2 is 1.81 bits per heavy atom. The van der Waals surface area contributed by atoms with Crippen LogP contribution in [0.1, 0.15) is 5.56 Å². The molecule has 134 valence electrons. The second-order valence-electron chi connectivity index (χ2n) is 5.31. The van der Waals surface area contributed by atoms with Gasteiger partial charge in [0.25, 0.3) is 0 Å². The molecule has 1 aromatic heterocycles. The van der Waals surface area contributed by atoms with Crippen molar-refractivity contribution in [1.82, 2.24) is 9.78 Å². The third kappa shape index (κ3) is 4.81. The van der Waals surface area contributed by atoms with E-state index in [2.05, 4.69) is 15.7 Å². The lowest BCUT2D eigenvalue weighted by atomic mass is 10.2. The first-order valence-corrected chi connectivity index (χ1v) is 9.34. The van der Waals surface area contributed by atoms with E-state index in [1.54, 1.807) is 41.1 Å². The summed E-state index contributed by atoms with van der Waals surface area (Å²) >= 11 is 29.5. The molecule has 3 aromatic rings. The highest BCUT2D eigenvalue weighted by atomic mass is 35.5. The molecule has 0 spiro atoms. The summed E-state index contributed by atoms with van der Waals surface area (Å²) < 4.78 is 1.74. The van der Waals surface area contributed by atoms with Crippen LogP contribution in [0.2, 0.25) is 20.1 Å². The van der Waals surface area contributed by atoms with E-state index in [-0.39, 0.29) is 0 Å². The van der Waals surface area contributed by atoms with Crippen molar-refractivity contribution in [2.75, 3.05) is 10.6 Å². The fourth-order valence-corrected chi connectivity index (χ4v) is 3.24. The van der Waals surface area contributed by atoms with Crippen LogP contribution in [0.15, 0.2) is 48.7 Å². The number of aromatic nitrogens is 2. The zero-order valence-electron chi connectivity index (χ0n) is 13.1. The SMILES string of the molecule is S=C(Nc1ccn(Cc2ccc(Cl)cc2Cl)n1)Nc1cccc(Cl)c1Cl. The van der Waals surface area contributed by atoms with Gasteiger partial charge in [-0.1, -0.05) is 58.5 Å². The van der Waals surface area contributed by atoms with Gasteiger partial charge in [-0.2, -0.15) is 5.10 Å². The van der Waals surface area contributed by atoms with E-state index >= 15 is 0 Å². The number of halogens is 4. The summed E-state index contributed by atoms with van der Waals surface area (Å²) in [6, 6.07) is 12.4. The van der Waals surface area contributed by atoms with Crippen LogP contribution < -0.4 is 10.6 Å². The van der Waals surface area contributed by atoms with Crippen LogP contribution in [0.4, 0.5) is 11.5 Å². The molecule has 0 radical (unpaired) electrons. The van der Waals surface area contributed by atoms with E-state index in [4.69, 9.17) is 58.6 Å². The second-order valence-corrected chi connectivity index (χ2v) is 7.35. The molecular formula is C17H12Cl4N4S. The lowest BCUT2D eigenvalue weighted by molar-refractivity contribution is 0.690.